The van der Waals surface area contributed by atoms with Crippen molar-refractivity contribution in [1.82, 2.24) is 0 Å². The second-order valence-electron chi connectivity index (χ2n) is 10.3. The van der Waals surface area contributed by atoms with E-state index in [2.05, 4.69) is 31.9 Å². The summed E-state index contributed by atoms with van der Waals surface area (Å²) < 4.78 is 13.1. The molecule has 6 rings (SSSR count). The number of carbonyl (C=O) groups is 1. The number of aliphatic hydroxyl groups is 2. The van der Waals surface area contributed by atoms with Gasteiger partial charge in [-0.1, -0.05) is 92.5 Å². The van der Waals surface area contributed by atoms with E-state index >= 15 is 4.79 Å². The maximum atomic E-state index is 15.3. The standard InChI is InChI=1S/C33H28Br2O5/c34-25-15-21-11-13-39-19-27(21)29(17-25)32(37,23-7-3-1-4-8-23)31(36)33(38,24-9-5-2-6-10-24)30-18-26(35)16-22-12-14-40-20-28(22)30/h1-10,15-18,37-38H,11-14,19-20H2. The minimum atomic E-state index is -2.22. The quantitative estimate of drug-likeness (QED) is 0.261. The second-order valence-corrected chi connectivity index (χ2v) is 12.1. The molecule has 0 saturated carbocycles. The molecule has 40 heavy (non-hydrogen) atoms. The van der Waals surface area contributed by atoms with Crippen LogP contribution in [0.1, 0.15) is 44.5 Å². The number of hydrogen-bond acceptors (Lipinski definition) is 5. The number of Topliss-reactive ketones (excluding diaryl/α,β-unsaturated/α-hetero) is 1. The van der Waals surface area contributed by atoms with Gasteiger partial charge >= 0.3 is 0 Å². The number of ketones is 1. The molecule has 7 heteroatoms. The fourth-order valence-corrected chi connectivity index (χ4v) is 6.98. The molecule has 0 fully saturated rings. The summed E-state index contributed by atoms with van der Waals surface area (Å²) in [6.45, 7) is 1.62. The van der Waals surface area contributed by atoms with Gasteiger partial charge in [-0.2, -0.15) is 0 Å². The Bertz CT molecular complexity index is 1460. The third-order valence-corrected chi connectivity index (χ3v) is 8.87. The SMILES string of the molecule is O=C(C(O)(c1ccccc1)c1cc(Br)cc2c1COCC2)C(O)(c1ccccc1)c1cc(Br)cc2c1COCC2. The summed E-state index contributed by atoms with van der Waals surface area (Å²) in [6, 6.07) is 25.2. The molecule has 0 aromatic heterocycles. The molecule has 2 heterocycles. The molecule has 5 nitrogen and oxygen atoms in total. The van der Waals surface area contributed by atoms with Gasteiger partial charge in [0, 0.05) is 20.1 Å². The molecule has 0 aliphatic carbocycles. The van der Waals surface area contributed by atoms with Crippen molar-refractivity contribution in [1.29, 1.82) is 0 Å². The molecule has 0 saturated heterocycles. The smallest absolute Gasteiger partial charge is 0.214 e. The summed E-state index contributed by atoms with van der Waals surface area (Å²) in [7, 11) is 0. The Hall–Kier alpha value is -2.65. The number of rotatable bonds is 6. The molecule has 2 atom stereocenters. The summed E-state index contributed by atoms with van der Waals surface area (Å²) in [6.07, 6.45) is 1.31. The molecule has 204 valence electrons. The Morgan fingerprint density at radius 1 is 0.650 bits per heavy atom. The van der Waals surface area contributed by atoms with E-state index in [0.717, 1.165) is 31.2 Å². The molecule has 4 aromatic rings. The van der Waals surface area contributed by atoms with Crippen LogP contribution < -0.4 is 0 Å². The molecule has 2 unspecified atom stereocenters. The van der Waals surface area contributed by atoms with Crippen LogP contribution in [0.2, 0.25) is 0 Å². The van der Waals surface area contributed by atoms with E-state index in [9.17, 15) is 10.2 Å². The third kappa shape index (κ3) is 4.59. The van der Waals surface area contributed by atoms with E-state index in [4.69, 9.17) is 9.47 Å². The number of carbonyl (C=O) groups excluding carboxylic acids is 1. The highest BCUT2D eigenvalue weighted by Gasteiger charge is 2.54. The summed E-state index contributed by atoms with van der Waals surface area (Å²) in [4.78, 5) is 15.3. The van der Waals surface area contributed by atoms with Gasteiger partial charge in [-0.3, -0.25) is 4.79 Å². The molecule has 2 N–H and O–H groups in total. The van der Waals surface area contributed by atoms with Gasteiger partial charge in [-0.05, 0) is 70.5 Å². The van der Waals surface area contributed by atoms with Crippen molar-refractivity contribution in [3.63, 3.8) is 0 Å². The number of ether oxygens (including phenoxy) is 2. The zero-order valence-corrected chi connectivity index (χ0v) is 24.9. The van der Waals surface area contributed by atoms with Crippen molar-refractivity contribution in [3.05, 3.63) is 138 Å². The summed E-state index contributed by atoms with van der Waals surface area (Å²) in [5, 5.41) is 25.8. The lowest BCUT2D eigenvalue weighted by atomic mass is 9.68. The first kappa shape index (κ1) is 27.5. The van der Waals surface area contributed by atoms with E-state index in [1.54, 1.807) is 60.7 Å². The highest BCUT2D eigenvalue weighted by molar-refractivity contribution is 9.10. The Balaban J connectivity index is 1.67. The van der Waals surface area contributed by atoms with E-state index in [1.807, 2.05) is 24.3 Å². The van der Waals surface area contributed by atoms with Crippen molar-refractivity contribution < 1.29 is 24.5 Å². The molecule has 0 bridgehead atoms. The van der Waals surface area contributed by atoms with Gasteiger partial charge in [0.05, 0.1) is 26.4 Å². The molecule has 2 aliphatic rings. The van der Waals surface area contributed by atoms with Gasteiger partial charge in [0.1, 0.15) is 0 Å². The molecule has 4 aromatic carbocycles. The second kappa shape index (κ2) is 11.0. The van der Waals surface area contributed by atoms with Crippen molar-refractivity contribution in [3.8, 4) is 0 Å². The zero-order valence-electron chi connectivity index (χ0n) is 21.7. The lowest BCUT2D eigenvalue weighted by Crippen LogP contribution is -2.52. The number of benzene rings is 4. The van der Waals surface area contributed by atoms with E-state index in [0.29, 0.717) is 48.3 Å². The first-order chi connectivity index (χ1) is 19.3. The largest absolute Gasteiger partial charge is 0.376 e. The minimum Gasteiger partial charge on any atom is -0.376 e. The molecule has 2 aliphatic heterocycles. The summed E-state index contributed by atoms with van der Waals surface area (Å²) in [5.74, 6) is -0.769. The summed E-state index contributed by atoms with van der Waals surface area (Å²) in [5.41, 5.74) is 0.568. The number of fused-ring (bicyclic) bond motifs is 2. The Morgan fingerprint density at radius 2 is 1.05 bits per heavy atom. The van der Waals surface area contributed by atoms with Crippen LogP contribution >= 0.6 is 31.9 Å². The molecule has 0 amide bonds. The first-order valence-electron chi connectivity index (χ1n) is 13.2. The van der Waals surface area contributed by atoms with Crippen molar-refractivity contribution in [2.45, 2.75) is 37.3 Å². The molecular formula is C33H28Br2O5. The first-order valence-corrected chi connectivity index (χ1v) is 14.8. The topological polar surface area (TPSA) is 76.0 Å². The van der Waals surface area contributed by atoms with Crippen LogP contribution in [0.15, 0.2) is 93.9 Å². The minimum absolute atomic E-state index is 0.254. The van der Waals surface area contributed by atoms with Crippen LogP contribution in [0, 0.1) is 0 Å². The Labute approximate surface area is 250 Å². The van der Waals surface area contributed by atoms with Crippen molar-refractivity contribution in [2.75, 3.05) is 13.2 Å². The van der Waals surface area contributed by atoms with E-state index in [1.165, 1.54) is 0 Å². The van der Waals surface area contributed by atoms with Gasteiger partial charge in [0.15, 0.2) is 11.2 Å². The fourth-order valence-electron chi connectivity index (χ4n) is 5.97. The fraction of sp³-hybridized carbons (Fsp3) is 0.242. The maximum absolute atomic E-state index is 15.3. The van der Waals surface area contributed by atoms with Gasteiger partial charge in [-0.15, -0.1) is 0 Å². The predicted octanol–water partition coefficient (Wildman–Crippen LogP) is 6.10. The van der Waals surface area contributed by atoms with E-state index in [-0.39, 0.29) is 13.2 Å². The summed E-state index contributed by atoms with van der Waals surface area (Å²) >= 11 is 7.21. The van der Waals surface area contributed by atoms with Crippen LogP contribution in [0.4, 0.5) is 0 Å². The lowest BCUT2D eigenvalue weighted by Gasteiger charge is -2.40. The van der Waals surface area contributed by atoms with Gasteiger partial charge < -0.3 is 19.7 Å². The van der Waals surface area contributed by atoms with Gasteiger partial charge in [0.25, 0.3) is 0 Å². The average Bonchev–Trinajstić information content (AvgIpc) is 3.00. The van der Waals surface area contributed by atoms with Crippen LogP contribution in [-0.2, 0) is 51.5 Å². The van der Waals surface area contributed by atoms with Crippen LogP contribution in [0.5, 0.6) is 0 Å². The third-order valence-electron chi connectivity index (χ3n) is 7.96. The van der Waals surface area contributed by atoms with Gasteiger partial charge in [0.2, 0.25) is 5.78 Å². The zero-order chi connectivity index (χ0) is 27.9. The average molecular weight is 664 g/mol. The van der Waals surface area contributed by atoms with E-state index < -0.39 is 17.0 Å². The normalized spacial score (nSPS) is 17.7. The van der Waals surface area contributed by atoms with Crippen LogP contribution in [0.25, 0.3) is 0 Å². The molecular weight excluding hydrogens is 636 g/mol. The number of hydrogen-bond donors (Lipinski definition) is 2. The molecule has 0 spiro atoms. The lowest BCUT2D eigenvalue weighted by molar-refractivity contribution is -0.151. The van der Waals surface area contributed by atoms with Crippen LogP contribution in [0.3, 0.4) is 0 Å². The monoisotopic (exact) mass is 662 g/mol. The van der Waals surface area contributed by atoms with Gasteiger partial charge in [-0.25, -0.2) is 0 Å². The highest BCUT2D eigenvalue weighted by atomic mass is 79.9. The van der Waals surface area contributed by atoms with Crippen molar-refractivity contribution in [2.24, 2.45) is 0 Å². The predicted molar refractivity (Wildman–Crippen MR) is 159 cm³/mol. The number of halogens is 2. The maximum Gasteiger partial charge on any atom is 0.214 e. The Morgan fingerprint density at radius 3 is 1.45 bits per heavy atom. The van der Waals surface area contributed by atoms with Crippen molar-refractivity contribution >= 4 is 37.6 Å². The highest BCUT2D eigenvalue weighted by Crippen LogP contribution is 2.46. The Kier molecular flexibility index (Phi) is 7.55. The van der Waals surface area contributed by atoms with Crippen LogP contribution in [-0.4, -0.2) is 29.2 Å². The molecule has 0 radical (unpaired) electrons.